The second kappa shape index (κ2) is 9.65. The molecule has 0 radical (unpaired) electrons. The highest BCUT2D eigenvalue weighted by atomic mass is 16.5. The number of guanidine groups is 1. The van der Waals surface area contributed by atoms with E-state index in [2.05, 4.69) is 28.9 Å². The first-order chi connectivity index (χ1) is 14.7. The van der Waals surface area contributed by atoms with Gasteiger partial charge in [-0.1, -0.05) is 36.8 Å². The molecule has 3 N–H and O–H groups in total. The van der Waals surface area contributed by atoms with Gasteiger partial charge in [-0.25, -0.2) is 4.99 Å². The van der Waals surface area contributed by atoms with Crippen LogP contribution in [-0.4, -0.2) is 31.1 Å². The van der Waals surface area contributed by atoms with Gasteiger partial charge in [0.25, 0.3) is 0 Å². The molecule has 30 heavy (non-hydrogen) atoms. The zero-order valence-corrected chi connectivity index (χ0v) is 17.5. The van der Waals surface area contributed by atoms with Crippen molar-refractivity contribution in [2.45, 2.75) is 45.3 Å². The normalized spacial score (nSPS) is 18.2. The number of nitrogens with one attached hydrogen (secondary N) is 3. The number of carbonyl (C=O) groups excluding carboxylic acids is 1. The molecule has 2 aromatic carbocycles. The van der Waals surface area contributed by atoms with E-state index in [1.54, 1.807) is 0 Å². The van der Waals surface area contributed by atoms with Crippen LogP contribution in [0, 0.1) is 5.92 Å². The molecule has 0 bridgehead atoms. The van der Waals surface area contributed by atoms with Gasteiger partial charge in [-0.2, -0.15) is 0 Å². The van der Waals surface area contributed by atoms with Crippen LogP contribution in [0.3, 0.4) is 0 Å². The van der Waals surface area contributed by atoms with Crippen LogP contribution < -0.4 is 20.7 Å². The summed E-state index contributed by atoms with van der Waals surface area (Å²) >= 11 is 0. The molecule has 0 spiro atoms. The second-order valence-corrected chi connectivity index (χ2v) is 7.95. The predicted octanol–water partition coefficient (Wildman–Crippen LogP) is 3.48. The summed E-state index contributed by atoms with van der Waals surface area (Å²) in [6.45, 7) is 4.07. The summed E-state index contributed by atoms with van der Waals surface area (Å²) in [6, 6.07) is 16.1. The maximum Gasteiger partial charge on any atom is 0.227 e. The fraction of sp³-hybridized carbons (Fsp3) is 0.417. The van der Waals surface area contributed by atoms with E-state index in [-0.39, 0.29) is 17.9 Å². The summed E-state index contributed by atoms with van der Waals surface area (Å²) in [5, 5.41) is 9.71. The minimum absolute atomic E-state index is 0.108. The first-order valence-corrected chi connectivity index (χ1v) is 10.9. The van der Waals surface area contributed by atoms with Crippen LogP contribution in [-0.2, 0) is 17.8 Å². The standard InChI is InChI=1S/C24H30N4O2/c1-2-25-24(27-16-21-14-19-8-3-4-12-22(19)30-21)26-15-17-7-5-11-20(13-17)28-23(29)18-9-6-10-18/h3-5,7-8,11-13,18,21H,2,6,9-10,14-16H2,1H3,(H,28,29)(H2,25,26,27). The number of carbonyl (C=O) groups is 1. The first-order valence-electron chi connectivity index (χ1n) is 10.9. The second-order valence-electron chi connectivity index (χ2n) is 7.95. The minimum atomic E-state index is 0.108. The third-order valence-electron chi connectivity index (χ3n) is 5.65. The SMILES string of the molecule is CCNC(=NCc1cccc(NC(=O)C2CCC2)c1)NCC1Cc2ccccc2O1. The van der Waals surface area contributed by atoms with Crippen LogP contribution in [0.1, 0.15) is 37.3 Å². The van der Waals surface area contributed by atoms with E-state index in [1.807, 2.05) is 42.5 Å². The topological polar surface area (TPSA) is 74.8 Å². The molecule has 2 aliphatic rings. The van der Waals surface area contributed by atoms with Crippen molar-refractivity contribution in [1.29, 1.82) is 0 Å². The van der Waals surface area contributed by atoms with Gasteiger partial charge < -0.3 is 20.7 Å². The quantitative estimate of drug-likeness (QED) is 0.486. The molecule has 2 aromatic rings. The van der Waals surface area contributed by atoms with Gasteiger partial charge in [0.2, 0.25) is 5.91 Å². The van der Waals surface area contributed by atoms with Gasteiger partial charge in [0.05, 0.1) is 13.1 Å². The van der Waals surface area contributed by atoms with Crippen LogP contribution in [0.2, 0.25) is 0 Å². The number of hydrogen-bond acceptors (Lipinski definition) is 3. The predicted molar refractivity (Wildman–Crippen MR) is 120 cm³/mol. The Morgan fingerprint density at radius 1 is 1.13 bits per heavy atom. The highest BCUT2D eigenvalue weighted by Gasteiger charge is 2.25. The Balaban J connectivity index is 1.31. The molecule has 1 amide bonds. The first kappa shape index (κ1) is 20.3. The van der Waals surface area contributed by atoms with Gasteiger partial charge in [-0.05, 0) is 49.1 Å². The molecule has 0 aromatic heterocycles. The van der Waals surface area contributed by atoms with Gasteiger partial charge in [0.1, 0.15) is 11.9 Å². The Kier molecular flexibility index (Phi) is 6.52. The molecule has 1 fully saturated rings. The van der Waals surface area contributed by atoms with Gasteiger partial charge in [0, 0.05) is 24.6 Å². The molecule has 0 saturated heterocycles. The molecule has 1 aliphatic carbocycles. The van der Waals surface area contributed by atoms with E-state index in [4.69, 9.17) is 9.73 Å². The Bertz CT molecular complexity index is 883. The van der Waals surface area contributed by atoms with Crippen molar-refractivity contribution < 1.29 is 9.53 Å². The average Bonchev–Trinajstić information content (AvgIpc) is 3.12. The van der Waals surface area contributed by atoms with Gasteiger partial charge in [-0.3, -0.25) is 4.79 Å². The van der Waals surface area contributed by atoms with E-state index in [0.29, 0.717) is 13.1 Å². The van der Waals surface area contributed by atoms with E-state index in [1.165, 1.54) is 5.56 Å². The summed E-state index contributed by atoms with van der Waals surface area (Å²) in [4.78, 5) is 16.9. The third-order valence-corrected chi connectivity index (χ3v) is 5.65. The monoisotopic (exact) mass is 406 g/mol. The van der Waals surface area contributed by atoms with E-state index in [0.717, 1.165) is 55.2 Å². The molecule has 6 heteroatoms. The fourth-order valence-corrected chi connectivity index (χ4v) is 3.75. The molecular formula is C24H30N4O2. The van der Waals surface area contributed by atoms with Crippen molar-refractivity contribution in [3.63, 3.8) is 0 Å². The lowest BCUT2D eigenvalue weighted by Crippen LogP contribution is -2.42. The Morgan fingerprint density at radius 3 is 2.77 bits per heavy atom. The zero-order valence-electron chi connectivity index (χ0n) is 17.5. The van der Waals surface area contributed by atoms with E-state index >= 15 is 0 Å². The number of benzene rings is 2. The van der Waals surface area contributed by atoms with Crippen molar-refractivity contribution in [2.24, 2.45) is 10.9 Å². The number of amides is 1. The summed E-state index contributed by atoms with van der Waals surface area (Å²) in [5.74, 6) is 2.06. The highest BCUT2D eigenvalue weighted by molar-refractivity contribution is 5.93. The van der Waals surface area contributed by atoms with E-state index < -0.39 is 0 Å². The Hall–Kier alpha value is -3.02. The van der Waals surface area contributed by atoms with Crippen LogP contribution in [0.25, 0.3) is 0 Å². The number of nitrogens with zero attached hydrogens (tertiary/aromatic N) is 1. The van der Waals surface area contributed by atoms with Crippen LogP contribution in [0.15, 0.2) is 53.5 Å². The molecule has 1 heterocycles. The number of aliphatic imine (C=N–C) groups is 1. The lowest BCUT2D eigenvalue weighted by molar-refractivity contribution is -0.122. The maximum absolute atomic E-state index is 12.2. The lowest BCUT2D eigenvalue weighted by atomic mass is 9.85. The molecular weight excluding hydrogens is 376 g/mol. The molecule has 4 rings (SSSR count). The maximum atomic E-state index is 12.2. The van der Waals surface area contributed by atoms with E-state index in [9.17, 15) is 4.79 Å². The minimum Gasteiger partial charge on any atom is -0.488 e. The van der Waals surface area contributed by atoms with Gasteiger partial charge in [-0.15, -0.1) is 0 Å². The molecule has 1 saturated carbocycles. The molecule has 1 atom stereocenters. The Morgan fingerprint density at radius 2 is 2.00 bits per heavy atom. The Labute approximate surface area is 178 Å². The molecule has 6 nitrogen and oxygen atoms in total. The summed E-state index contributed by atoms with van der Waals surface area (Å²) in [7, 11) is 0. The van der Waals surface area contributed by atoms with Crippen molar-refractivity contribution in [3.05, 3.63) is 59.7 Å². The number of fused-ring (bicyclic) bond motifs is 1. The van der Waals surface area contributed by atoms with Crippen LogP contribution >= 0.6 is 0 Å². The number of hydrogen-bond donors (Lipinski definition) is 3. The third kappa shape index (κ3) is 5.12. The number of anilines is 1. The highest BCUT2D eigenvalue weighted by Crippen LogP contribution is 2.28. The molecule has 1 aliphatic heterocycles. The smallest absolute Gasteiger partial charge is 0.227 e. The van der Waals surface area contributed by atoms with Crippen molar-refractivity contribution in [3.8, 4) is 5.75 Å². The van der Waals surface area contributed by atoms with Crippen LogP contribution in [0.4, 0.5) is 5.69 Å². The molecule has 158 valence electrons. The van der Waals surface area contributed by atoms with Gasteiger partial charge in [0.15, 0.2) is 5.96 Å². The number of para-hydroxylation sites is 1. The van der Waals surface area contributed by atoms with Crippen LogP contribution in [0.5, 0.6) is 5.75 Å². The lowest BCUT2D eigenvalue weighted by Gasteiger charge is -2.24. The summed E-state index contributed by atoms with van der Waals surface area (Å²) in [5.41, 5.74) is 3.16. The van der Waals surface area contributed by atoms with Crippen molar-refractivity contribution in [2.75, 3.05) is 18.4 Å². The van der Waals surface area contributed by atoms with Gasteiger partial charge >= 0.3 is 0 Å². The molecule has 1 unspecified atom stereocenters. The van der Waals surface area contributed by atoms with Crippen molar-refractivity contribution >= 4 is 17.6 Å². The van der Waals surface area contributed by atoms with Crippen molar-refractivity contribution in [1.82, 2.24) is 10.6 Å². The summed E-state index contributed by atoms with van der Waals surface area (Å²) in [6.07, 6.45) is 4.18. The zero-order chi connectivity index (χ0) is 20.8. The number of rotatable bonds is 7. The summed E-state index contributed by atoms with van der Waals surface area (Å²) < 4.78 is 6.00. The fourth-order valence-electron chi connectivity index (χ4n) is 3.75. The average molecular weight is 407 g/mol. The largest absolute Gasteiger partial charge is 0.488 e. The number of ether oxygens (including phenoxy) is 1.